The molecular weight excluding hydrogens is 431 g/mol. The van der Waals surface area contributed by atoms with E-state index >= 15 is 0 Å². The van der Waals surface area contributed by atoms with Gasteiger partial charge in [0.25, 0.3) is 10.1 Å². The van der Waals surface area contributed by atoms with Crippen LogP contribution in [0.15, 0.2) is 47.4 Å². The van der Waals surface area contributed by atoms with E-state index in [0.717, 1.165) is 30.0 Å². The summed E-state index contributed by atoms with van der Waals surface area (Å²) in [6.07, 6.45) is 17.9. The van der Waals surface area contributed by atoms with Gasteiger partial charge in [0.05, 0.1) is 6.61 Å². The predicted octanol–water partition coefficient (Wildman–Crippen LogP) is 7.65. The van der Waals surface area contributed by atoms with Crippen molar-refractivity contribution in [2.45, 2.75) is 102 Å². The fourth-order valence-electron chi connectivity index (χ4n) is 3.94. The molecule has 31 heavy (non-hydrogen) atoms. The Hall–Kier alpha value is 0.246. The summed E-state index contributed by atoms with van der Waals surface area (Å²) < 4.78 is 30.4. The van der Waals surface area contributed by atoms with Crippen LogP contribution < -0.4 is 0 Å². The van der Waals surface area contributed by atoms with Crippen molar-refractivity contribution >= 4 is 72.3 Å². The van der Waals surface area contributed by atoms with Crippen LogP contribution in [0.1, 0.15) is 96.8 Å². The van der Waals surface area contributed by atoms with Crippen LogP contribution in [0, 0.1) is 0 Å². The van der Waals surface area contributed by atoms with Gasteiger partial charge in [-0.25, -0.2) is 0 Å². The van der Waals surface area contributed by atoms with Crippen LogP contribution in [0.4, 0.5) is 0 Å². The van der Waals surface area contributed by atoms with Gasteiger partial charge in [0.15, 0.2) is 0 Å². The molecular formula is C26H40KO3S. The molecule has 2 rings (SSSR count). The molecule has 0 N–H and O–H groups in total. The first kappa shape index (κ1) is 29.3. The third-order valence-electron chi connectivity index (χ3n) is 5.76. The molecule has 0 aromatic heterocycles. The van der Waals surface area contributed by atoms with E-state index in [2.05, 4.69) is 6.92 Å². The van der Waals surface area contributed by atoms with Gasteiger partial charge in [0.1, 0.15) is 4.90 Å². The fraction of sp³-hybridized carbons (Fsp3) is 0.615. The van der Waals surface area contributed by atoms with E-state index in [9.17, 15) is 8.42 Å². The number of hydrogen-bond donors (Lipinski definition) is 0. The average molecular weight is 472 g/mol. The van der Waals surface area contributed by atoms with Crippen LogP contribution in [-0.2, 0) is 14.3 Å². The summed E-state index contributed by atoms with van der Waals surface area (Å²) in [6, 6.07) is 12.8. The first-order valence-corrected chi connectivity index (χ1v) is 13.4. The largest absolute Gasteiger partial charge is 0.297 e. The first-order valence-electron chi connectivity index (χ1n) is 12.0. The summed E-state index contributed by atoms with van der Waals surface area (Å²) >= 11 is 0. The molecule has 0 aliphatic heterocycles. The Labute approximate surface area is 233 Å². The van der Waals surface area contributed by atoms with Gasteiger partial charge in [-0.15, -0.1) is 0 Å². The zero-order chi connectivity index (χ0) is 21.5. The Morgan fingerprint density at radius 3 is 1.71 bits per heavy atom. The molecule has 2 aromatic rings. The normalized spacial score (nSPS) is 11.5. The second-order valence-electron chi connectivity index (χ2n) is 8.35. The first-order chi connectivity index (χ1) is 14.6. The molecule has 2 aromatic carbocycles. The van der Waals surface area contributed by atoms with Crippen LogP contribution in [0.3, 0.4) is 0 Å². The summed E-state index contributed by atoms with van der Waals surface area (Å²) in [7, 11) is -3.70. The van der Waals surface area contributed by atoms with E-state index in [1.165, 1.54) is 70.6 Å². The average Bonchev–Trinajstić information content (AvgIpc) is 2.76. The van der Waals surface area contributed by atoms with Crippen molar-refractivity contribution in [3.63, 3.8) is 0 Å². The fourth-order valence-corrected chi connectivity index (χ4v) is 5.11. The Balaban J connectivity index is 0.00000480. The monoisotopic (exact) mass is 471 g/mol. The van der Waals surface area contributed by atoms with Crippen molar-refractivity contribution in [2.24, 2.45) is 0 Å². The molecule has 0 amide bonds. The summed E-state index contributed by atoms with van der Waals surface area (Å²) in [6.45, 7) is 2.53. The molecule has 1 radical (unpaired) electrons. The minimum atomic E-state index is -3.70. The number of fused-ring (bicyclic) bond motifs is 1. The smallest absolute Gasteiger partial charge is 0.266 e. The van der Waals surface area contributed by atoms with Gasteiger partial charge in [-0.1, -0.05) is 127 Å². The predicted molar refractivity (Wildman–Crippen MR) is 133 cm³/mol. The molecule has 169 valence electrons. The maximum atomic E-state index is 12.6. The molecule has 0 aliphatic carbocycles. The van der Waals surface area contributed by atoms with Crippen molar-refractivity contribution < 1.29 is 12.6 Å². The number of benzene rings is 2. The Kier molecular flexibility index (Phi) is 16.7. The van der Waals surface area contributed by atoms with Gasteiger partial charge in [-0.05, 0) is 17.9 Å². The quantitative estimate of drug-likeness (QED) is 0.135. The second kappa shape index (κ2) is 17.7. The topological polar surface area (TPSA) is 43.4 Å². The molecule has 0 aliphatic rings. The van der Waals surface area contributed by atoms with E-state index in [0.29, 0.717) is 0 Å². The molecule has 0 atom stereocenters. The van der Waals surface area contributed by atoms with Crippen molar-refractivity contribution in [1.29, 1.82) is 0 Å². The molecule has 0 fully saturated rings. The van der Waals surface area contributed by atoms with Crippen molar-refractivity contribution in [1.82, 2.24) is 0 Å². The van der Waals surface area contributed by atoms with Gasteiger partial charge in [0.2, 0.25) is 0 Å². The Morgan fingerprint density at radius 1 is 0.645 bits per heavy atom. The molecule has 0 saturated heterocycles. The molecule has 3 nitrogen and oxygen atoms in total. The van der Waals surface area contributed by atoms with Crippen LogP contribution in [0.5, 0.6) is 0 Å². The zero-order valence-corrected chi connectivity index (χ0v) is 23.7. The second-order valence-corrected chi connectivity index (χ2v) is 9.93. The molecule has 0 saturated carbocycles. The van der Waals surface area contributed by atoms with E-state index in [1.54, 1.807) is 12.1 Å². The summed E-state index contributed by atoms with van der Waals surface area (Å²) in [5.41, 5.74) is 0. The standard InChI is InChI=1S/C26H40O3S.K/c1-2-3-4-5-6-7-8-9-10-11-12-13-14-17-23-29-30(27,28)26-22-18-20-24-19-15-16-21-25(24)26;/h15-16,18-22H,2-14,17,23H2,1H3;. The van der Waals surface area contributed by atoms with Crippen LogP contribution in [0.25, 0.3) is 10.8 Å². The van der Waals surface area contributed by atoms with Crippen LogP contribution in [-0.4, -0.2) is 66.4 Å². The van der Waals surface area contributed by atoms with E-state index < -0.39 is 10.1 Å². The van der Waals surface area contributed by atoms with Gasteiger partial charge < -0.3 is 0 Å². The van der Waals surface area contributed by atoms with Crippen molar-refractivity contribution in [2.75, 3.05) is 6.61 Å². The zero-order valence-electron chi connectivity index (χ0n) is 19.8. The summed E-state index contributed by atoms with van der Waals surface area (Å²) in [5.74, 6) is 0. The van der Waals surface area contributed by atoms with E-state index in [4.69, 9.17) is 4.18 Å². The maximum Gasteiger partial charge on any atom is 0.297 e. The SMILES string of the molecule is CCCCCCCCCCCCCCCCOS(=O)(=O)c1cccc2ccccc12.[K]. The number of rotatable bonds is 17. The maximum absolute atomic E-state index is 12.6. The minimum Gasteiger partial charge on any atom is -0.266 e. The van der Waals surface area contributed by atoms with E-state index in [-0.39, 0.29) is 62.9 Å². The minimum absolute atomic E-state index is 0. The summed E-state index contributed by atoms with van der Waals surface area (Å²) in [4.78, 5) is 0.269. The van der Waals surface area contributed by atoms with Crippen molar-refractivity contribution in [3.05, 3.63) is 42.5 Å². The molecule has 5 heteroatoms. The van der Waals surface area contributed by atoms with Gasteiger partial charge >= 0.3 is 0 Å². The number of unbranched alkanes of at least 4 members (excludes halogenated alkanes) is 13. The molecule has 0 bridgehead atoms. The van der Waals surface area contributed by atoms with Gasteiger partial charge in [-0.3, -0.25) is 4.18 Å². The molecule has 0 unspecified atom stereocenters. The summed E-state index contributed by atoms with van der Waals surface area (Å²) in [5, 5.41) is 1.64. The third kappa shape index (κ3) is 11.8. The third-order valence-corrected chi connectivity index (χ3v) is 7.13. The van der Waals surface area contributed by atoms with Gasteiger partial charge in [-0.2, -0.15) is 8.42 Å². The Bertz CT molecular complexity index is 815. The molecule has 0 heterocycles. The van der Waals surface area contributed by atoms with Crippen LogP contribution in [0.2, 0.25) is 0 Å². The Morgan fingerprint density at radius 2 is 1.13 bits per heavy atom. The number of hydrogen-bond acceptors (Lipinski definition) is 3. The van der Waals surface area contributed by atoms with Crippen molar-refractivity contribution in [3.8, 4) is 0 Å². The van der Waals surface area contributed by atoms with E-state index in [1.807, 2.05) is 30.3 Å². The van der Waals surface area contributed by atoms with Gasteiger partial charge in [0, 0.05) is 56.8 Å². The molecule has 0 spiro atoms. The van der Waals surface area contributed by atoms with Crippen LogP contribution >= 0.6 is 0 Å².